The summed E-state index contributed by atoms with van der Waals surface area (Å²) in [7, 11) is 0. The lowest BCUT2D eigenvalue weighted by molar-refractivity contribution is -0.113. The fraction of sp³-hybridized carbons (Fsp3) is 0.0833. The Morgan fingerprint density at radius 2 is 2.32 bits per heavy atom. The molecule has 0 bridgehead atoms. The molecule has 22 heavy (non-hydrogen) atoms. The van der Waals surface area contributed by atoms with Crippen LogP contribution in [0.15, 0.2) is 39.6 Å². The van der Waals surface area contributed by atoms with Crippen molar-refractivity contribution in [2.75, 3.05) is 11.1 Å². The lowest BCUT2D eigenvalue weighted by Gasteiger charge is -2.03. The topological polar surface area (TPSA) is 89.3 Å². The molecule has 1 aromatic carbocycles. The zero-order valence-corrected chi connectivity index (χ0v) is 12.5. The molecule has 0 aliphatic rings. The molecular formula is C12H8FN5O2S2. The molecule has 3 rings (SSSR count). The van der Waals surface area contributed by atoms with Gasteiger partial charge in [0.2, 0.25) is 10.9 Å². The molecule has 2 aromatic heterocycles. The van der Waals surface area contributed by atoms with Gasteiger partial charge in [0.15, 0.2) is 4.34 Å². The first kappa shape index (κ1) is 14.6. The van der Waals surface area contributed by atoms with E-state index in [1.54, 1.807) is 6.07 Å². The number of thioether (sulfide) groups is 1. The first-order chi connectivity index (χ1) is 10.6. The lowest BCUT2D eigenvalue weighted by atomic mass is 10.3. The van der Waals surface area contributed by atoms with Gasteiger partial charge in [-0.25, -0.2) is 4.39 Å². The maximum absolute atomic E-state index is 13.0. The van der Waals surface area contributed by atoms with E-state index >= 15 is 0 Å². The van der Waals surface area contributed by atoms with E-state index in [0.29, 0.717) is 15.0 Å². The number of rotatable bonds is 4. The molecule has 0 unspecified atom stereocenters. The Labute approximate surface area is 131 Å². The Hall–Kier alpha value is -2.33. The Kier molecular flexibility index (Phi) is 4.11. The van der Waals surface area contributed by atoms with Crippen LogP contribution < -0.4 is 10.9 Å². The first-order valence-corrected chi connectivity index (χ1v) is 7.82. The minimum Gasteiger partial charge on any atom is -0.325 e. The number of nitrogens with zero attached hydrogens (tertiary/aromatic N) is 4. The maximum atomic E-state index is 13.0. The molecule has 1 amide bonds. The van der Waals surface area contributed by atoms with E-state index < -0.39 is 5.82 Å². The van der Waals surface area contributed by atoms with Crippen LogP contribution in [0.3, 0.4) is 0 Å². The van der Waals surface area contributed by atoms with Gasteiger partial charge in [-0.05, 0) is 18.2 Å². The quantitative estimate of drug-likeness (QED) is 0.724. The molecule has 112 valence electrons. The summed E-state index contributed by atoms with van der Waals surface area (Å²) in [6.45, 7) is 0. The fourth-order valence-corrected chi connectivity index (χ4v) is 3.29. The van der Waals surface area contributed by atoms with Crippen molar-refractivity contribution in [3.05, 3.63) is 46.6 Å². The Morgan fingerprint density at radius 1 is 1.45 bits per heavy atom. The number of halogens is 1. The van der Waals surface area contributed by atoms with Crippen molar-refractivity contribution in [3.63, 3.8) is 0 Å². The summed E-state index contributed by atoms with van der Waals surface area (Å²) in [6.07, 6.45) is 1.07. The number of hydrogen-bond donors (Lipinski definition) is 1. The van der Waals surface area contributed by atoms with Gasteiger partial charge >= 0.3 is 0 Å². The summed E-state index contributed by atoms with van der Waals surface area (Å²) in [5, 5.41) is 14.0. The van der Waals surface area contributed by atoms with Gasteiger partial charge in [-0.15, -0.1) is 10.2 Å². The molecule has 0 fully saturated rings. The minimum absolute atomic E-state index is 0.0819. The molecule has 7 nitrogen and oxygen atoms in total. The minimum atomic E-state index is -0.422. The van der Waals surface area contributed by atoms with Crippen molar-refractivity contribution in [2.45, 2.75) is 4.34 Å². The zero-order chi connectivity index (χ0) is 15.5. The number of amides is 1. The SMILES string of the molecule is O=C(CSc1nn2c(=O)cnnc2s1)Nc1cccc(F)c1. The number of aromatic nitrogens is 4. The summed E-state index contributed by atoms with van der Waals surface area (Å²) >= 11 is 2.32. The fourth-order valence-electron chi connectivity index (χ4n) is 1.60. The van der Waals surface area contributed by atoms with E-state index in [1.807, 2.05) is 0 Å². The Bertz CT molecular complexity index is 894. The van der Waals surface area contributed by atoms with Crippen molar-refractivity contribution in [1.29, 1.82) is 0 Å². The zero-order valence-electron chi connectivity index (χ0n) is 10.9. The number of carbonyl (C=O) groups is 1. The number of carbonyl (C=O) groups excluding carboxylic acids is 1. The largest absolute Gasteiger partial charge is 0.325 e. The second-order valence-corrected chi connectivity index (χ2v) is 6.27. The molecule has 0 atom stereocenters. The molecule has 0 aliphatic carbocycles. The van der Waals surface area contributed by atoms with Crippen LogP contribution in [-0.2, 0) is 4.79 Å². The van der Waals surface area contributed by atoms with E-state index in [0.717, 1.165) is 33.8 Å². The second kappa shape index (κ2) is 6.20. The number of fused-ring (bicyclic) bond motifs is 1. The van der Waals surface area contributed by atoms with Crippen LogP contribution in [0.2, 0.25) is 0 Å². The van der Waals surface area contributed by atoms with E-state index in [1.165, 1.54) is 18.2 Å². The molecular weight excluding hydrogens is 329 g/mol. The summed E-state index contributed by atoms with van der Waals surface area (Å²) in [5.74, 6) is -0.638. The predicted molar refractivity (Wildman–Crippen MR) is 80.7 cm³/mol. The van der Waals surface area contributed by atoms with Crippen molar-refractivity contribution in [3.8, 4) is 0 Å². The molecule has 0 spiro atoms. The Balaban J connectivity index is 1.65. The number of anilines is 1. The van der Waals surface area contributed by atoms with Gasteiger partial charge in [-0.1, -0.05) is 29.2 Å². The maximum Gasteiger partial charge on any atom is 0.293 e. The molecule has 10 heteroatoms. The van der Waals surface area contributed by atoms with Crippen molar-refractivity contribution in [2.24, 2.45) is 0 Å². The van der Waals surface area contributed by atoms with Gasteiger partial charge in [0.05, 0.1) is 5.75 Å². The van der Waals surface area contributed by atoms with Crippen LogP contribution in [-0.4, -0.2) is 31.5 Å². The van der Waals surface area contributed by atoms with Crippen LogP contribution in [0.1, 0.15) is 0 Å². The van der Waals surface area contributed by atoms with E-state index in [2.05, 4.69) is 20.6 Å². The lowest BCUT2D eigenvalue weighted by Crippen LogP contribution is -2.15. The third-order valence-electron chi connectivity index (χ3n) is 2.50. The highest BCUT2D eigenvalue weighted by Crippen LogP contribution is 2.22. The number of nitrogens with one attached hydrogen (secondary N) is 1. The smallest absolute Gasteiger partial charge is 0.293 e. The monoisotopic (exact) mass is 337 g/mol. The van der Waals surface area contributed by atoms with Crippen LogP contribution >= 0.6 is 23.1 Å². The molecule has 1 N–H and O–H groups in total. The van der Waals surface area contributed by atoms with Crippen molar-refractivity contribution in [1.82, 2.24) is 19.8 Å². The van der Waals surface area contributed by atoms with E-state index in [9.17, 15) is 14.0 Å². The third-order valence-corrected chi connectivity index (χ3v) is 4.53. The summed E-state index contributed by atoms with van der Waals surface area (Å²) < 4.78 is 14.7. The molecule has 0 aliphatic heterocycles. The van der Waals surface area contributed by atoms with E-state index in [4.69, 9.17) is 0 Å². The summed E-state index contributed by atoms with van der Waals surface area (Å²) in [5.41, 5.74) is 0.00861. The molecule has 3 aromatic rings. The van der Waals surface area contributed by atoms with Gasteiger partial charge in [0, 0.05) is 5.69 Å². The molecule has 0 radical (unpaired) electrons. The van der Waals surface area contributed by atoms with Crippen LogP contribution in [0.25, 0.3) is 4.96 Å². The highest BCUT2D eigenvalue weighted by atomic mass is 32.2. The summed E-state index contributed by atoms with van der Waals surface area (Å²) in [6, 6.07) is 5.63. The number of hydrogen-bond acceptors (Lipinski definition) is 7. The average Bonchev–Trinajstić information content (AvgIpc) is 2.90. The first-order valence-electron chi connectivity index (χ1n) is 6.01. The average molecular weight is 337 g/mol. The van der Waals surface area contributed by atoms with Crippen LogP contribution in [0.5, 0.6) is 0 Å². The third kappa shape index (κ3) is 3.28. The van der Waals surface area contributed by atoms with Crippen LogP contribution in [0, 0.1) is 5.82 Å². The van der Waals surface area contributed by atoms with Crippen molar-refractivity contribution >= 4 is 39.7 Å². The standard InChI is InChI=1S/C12H8FN5O2S2/c13-7-2-1-3-8(4-7)15-9(19)6-21-12-17-18-10(20)5-14-16-11(18)22-12/h1-5H,6H2,(H,15,19). The van der Waals surface area contributed by atoms with Gasteiger partial charge < -0.3 is 5.32 Å². The number of benzene rings is 1. The highest BCUT2D eigenvalue weighted by Gasteiger charge is 2.10. The normalized spacial score (nSPS) is 10.8. The molecule has 2 heterocycles. The van der Waals surface area contributed by atoms with Gasteiger partial charge in [-0.3, -0.25) is 9.59 Å². The van der Waals surface area contributed by atoms with Crippen LogP contribution in [0.4, 0.5) is 10.1 Å². The predicted octanol–water partition coefficient (Wildman–Crippen LogP) is 1.42. The molecule has 0 saturated heterocycles. The van der Waals surface area contributed by atoms with Crippen molar-refractivity contribution < 1.29 is 9.18 Å². The van der Waals surface area contributed by atoms with E-state index in [-0.39, 0.29) is 17.2 Å². The van der Waals surface area contributed by atoms with Gasteiger partial charge in [-0.2, -0.15) is 9.61 Å². The molecule has 0 saturated carbocycles. The van der Waals surface area contributed by atoms with Gasteiger partial charge in [0.25, 0.3) is 5.56 Å². The highest BCUT2D eigenvalue weighted by molar-refractivity contribution is 8.01. The van der Waals surface area contributed by atoms with Gasteiger partial charge in [0.1, 0.15) is 12.0 Å². The second-order valence-electron chi connectivity index (χ2n) is 4.09. The summed E-state index contributed by atoms with van der Waals surface area (Å²) in [4.78, 5) is 23.7. The Morgan fingerprint density at radius 3 is 3.09 bits per heavy atom.